The standard InChI is InChI=1S/C12H26O7/c1-14-3-5-16-7-9-18-12(11-13)19-10-8-17-6-4-15-2/h12-13H,3-11H2,1-2H3. The lowest BCUT2D eigenvalue weighted by atomic mass is 10.6. The summed E-state index contributed by atoms with van der Waals surface area (Å²) in [5.41, 5.74) is 0. The highest BCUT2D eigenvalue weighted by atomic mass is 16.7. The molecule has 116 valence electrons. The first-order chi connectivity index (χ1) is 9.35. The smallest absolute Gasteiger partial charge is 0.180 e. The summed E-state index contributed by atoms with van der Waals surface area (Å²) in [5, 5.41) is 9.04. The van der Waals surface area contributed by atoms with E-state index in [1.54, 1.807) is 14.2 Å². The highest BCUT2D eigenvalue weighted by Crippen LogP contribution is 1.94. The second-order valence-electron chi connectivity index (χ2n) is 3.56. The van der Waals surface area contributed by atoms with E-state index >= 15 is 0 Å². The lowest BCUT2D eigenvalue weighted by molar-refractivity contribution is -0.176. The molecule has 7 nitrogen and oxygen atoms in total. The average Bonchev–Trinajstić information content (AvgIpc) is 2.44. The fourth-order valence-corrected chi connectivity index (χ4v) is 1.12. The number of hydrogen-bond donors (Lipinski definition) is 1. The van der Waals surface area contributed by atoms with Gasteiger partial charge in [0.25, 0.3) is 0 Å². The van der Waals surface area contributed by atoms with Gasteiger partial charge in [0.2, 0.25) is 0 Å². The minimum Gasteiger partial charge on any atom is -0.391 e. The van der Waals surface area contributed by atoms with Crippen molar-refractivity contribution < 1.29 is 33.5 Å². The van der Waals surface area contributed by atoms with Gasteiger partial charge in [0, 0.05) is 14.2 Å². The van der Waals surface area contributed by atoms with Crippen molar-refractivity contribution in [2.75, 3.05) is 73.7 Å². The predicted molar refractivity (Wildman–Crippen MR) is 68.2 cm³/mol. The van der Waals surface area contributed by atoms with Crippen LogP contribution in [0.1, 0.15) is 0 Å². The molecule has 0 saturated carbocycles. The third-order valence-corrected chi connectivity index (χ3v) is 2.08. The quantitative estimate of drug-likeness (QED) is 0.325. The second kappa shape index (κ2) is 15.8. The van der Waals surface area contributed by atoms with Gasteiger partial charge in [0.15, 0.2) is 6.29 Å². The topological polar surface area (TPSA) is 75.6 Å². The van der Waals surface area contributed by atoms with Gasteiger partial charge in [-0.2, -0.15) is 0 Å². The Morgan fingerprint density at radius 2 is 1.11 bits per heavy atom. The maximum atomic E-state index is 9.04. The fraction of sp³-hybridized carbons (Fsp3) is 1.00. The van der Waals surface area contributed by atoms with Gasteiger partial charge in [-0.25, -0.2) is 0 Å². The van der Waals surface area contributed by atoms with E-state index in [0.717, 1.165) is 0 Å². The normalized spacial score (nSPS) is 11.4. The molecule has 1 N–H and O–H groups in total. The Bertz CT molecular complexity index is 152. The molecular weight excluding hydrogens is 256 g/mol. The molecule has 0 rings (SSSR count). The SMILES string of the molecule is COCCOCCOC(CO)OCCOCCOC. The lowest BCUT2D eigenvalue weighted by Crippen LogP contribution is -2.25. The minimum atomic E-state index is -0.642. The summed E-state index contributed by atoms with van der Waals surface area (Å²) in [6, 6.07) is 0. The maximum Gasteiger partial charge on any atom is 0.180 e. The molecule has 0 aromatic carbocycles. The van der Waals surface area contributed by atoms with E-state index in [0.29, 0.717) is 52.9 Å². The largest absolute Gasteiger partial charge is 0.391 e. The van der Waals surface area contributed by atoms with Crippen LogP contribution in [0.4, 0.5) is 0 Å². The van der Waals surface area contributed by atoms with Crippen LogP contribution in [0.25, 0.3) is 0 Å². The molecule has 0 fully saturated rings. The van der Waals surface area contributed by atoms with E-state index < -0.39 is 6.29 Å². The predicted octanol–water partition coefficient (Wildman–Crippen LogP) is -0.336. The lowest BCUT2D eigenvalue weighted by Gasteiger charge is -2.16. The van der Waals surface area contributed by atoms with Crippen LogP contribution in [0, 0.1) is 0 Å². The average molecular weight is 282 g/mol. The zero-order valence-electron chi connectivity index (χ0n) is 11.8. The van der Waals surface area contributed by atoms with Crippen LogP contribution in [-0.2, 0) is 28.4 Å². The number of methoxy groups -OCH3 is 2. The molecule has 0 saturated heterocycles. The molecule has 0 bridgehead atoms. The molecule has 0 unspecified atom stereocenters. The minimum absolute atomic E-state index is 0.198. The van der Waals surface area contributed by atoms with Gasteiger partial charge in [-0.1, -0.05) is 0 Å². The molecular formula is C12H26O7. The molecule has 0 aromatic rings. The summed E-state index contributed by atoms with van der Waals surface area (Å²) < 4.78 is 30.6. The third kappa shape index (κ3) is 13.9. The van der Waals surface area contributed by atoms with Crippen molar-refractivity contribution in [1.82, 2.24) is 0 Å². The zero-order chi connectivity index (χ0) is 14.2. The Morgan fingerprint density at radius 1 is 0.684 bits per heavy atom. The first-order valence-electron chi connectivity index (χ1n) is 6.32. The van der Waals surface area contributed by atoms with E-state index in [1.807, 2.05) is 0 Å². The first-order valence-corrected chi connectivity index (χ1v) is 6.32. The summed E-state index contributed by atoms with van der Waals surface area (Å²) >= 11 is 0. The molecule has 7 heteroatoms. The van der Waals surface area contributed by atoms with Crippen LogP contribution < -0.4 is 0 Å². The second-order valence-corrected chi connectivity index (χ2v) is 3.56. The van der Waals surface area contributed by atoms with E-state index in [-0.39, 0.29) is 6.61 Å². The number of hydrogen-bond acceptors (Lipinski definition) is 7. The van der Waals surface area contributed by atoms with Crippen molar-refractivity contribution in [1.29, 1.82) is 0 Å². The zero-order valence-corrected chi connectivity index (χ0v) is 11.8. The Hall–Kier alpha value is -0.280. The molecule has 19 heavy (non-hydrogen) atoms. The Kier molecular flexibility index (Phi) is 15.5. The summed E-state index contributed by atoms with van der Waals surface area (Å²) in [7, 11) is 3.23. The van der Waals surface area contributed by atoms with Crippen LogP contribution in [0.15, 0.2) is 0 Å². The number of aliphatic hydroxyl groups excluding tert-OH is 1. The summed E-state index contributed by atoms with van der Waals surface area (Å²) in [4.78, 5) is 0. The summed E-state index contributed by atoms with van der Waals surface area (Å²) in [6.07, 6.45) is -0.642. The van der Waals surface area contributed by atoms with Gasteiger partial charge >= 0.3 is 0 Å². The van der Waals surface area contributed by atoms with Gasteiger partial charge in [0.05, 0.1) is 59.5 Å². The van der Waals surface area contributed by atoms with E-state index in [1.165, 1.54) is 0 Å². The van der Waals surface area contributed by atoms with Gasteiger partial charge in [-0.15, -0.1) is 0 Å². The van der Waals surface area contributed by atoms with Crippen LogP contribution in [0.3, 0.4) is 0 Å². The van der Waals surface area contributed by atoms with Crippen molar-refractivity contribution in [3.05, 3.63) is 0 Å². The van der Waals surface area contributed by atoms with Crippen molar-refractivity contribution >= 4 is 0 Å². The van der Waals surface area contributed by atoms with Crippen LogP contribution >= 0.6 is 0 Å². The van der Waals surface area contributed by atoms with Gasteiger partial charge in [-0.3, -0.25) is 0 Å². The van der Waals surface area contributed by atoms with Crippen molar-refractivity contribution in [2.45, 2.75) is 6.29 Å². The van der Waals surface area contributed by atoms with E-state index in [2.05, 4.69) is 0 Å². The van der Waals surface area contributed by atoms with Gasteiger partial charge in [-0.05, 0) is 0 Å². The molecule has 0 amide bonds. The molecule has 0 spiro atoms. The molecule has 0 aliphatic carbocycles. The molecule has 0 atom stereocenters. The van der Waals surface area contributed by atoms with Crippen molar-refractivity contribution in [3.8, 4) is 0 Å². The van der Waals surface area contributed by atoms with Crippen molar-refractivity contribution in [2.24, 2.45) is 0 Å². The van der Waals surface area contributed by atoms with Crippen LogP contribution in [-0.4, -0.2) is 85.1 Å². The molecule has 0 aromatic heterocycles. The molecule has 0 aliphatic heterocycles. The molecule has 0 radical (unpaired) electrons. The Labute approximate surface area is 114 Å². The Morgan fingerprint density at radius 3 is 1.47 bits per heavy atom. The van der Waals surface area contributed by atoms with E-state index in [4.69, 9.17) is 33.5 Å². The molecule has 0 aliphatic rings. The number of ether oxygens (including phenoxy) is 6. The Balaban J connectivity index is 3.30. The monoisotopic (exact) mass is 282 g/mol. The fourth-order valence-electron chi connectivity index (χ4n) is 1.12. The third-order valence-electron chi connectivity index (χ3n) is 2.08. The number of rotatable bonds is 15. The summed E-state index contributed by atoms with van der Waals surface area (Å²) in [6.45, 7) is 3.56. The van der Waals surface area contributed by atoms with Crippen LogP contribution in [0.2, 0.25) is 0 Å². The number of aliphatic hydroxyl groups is 1. The highest BCUT2D eigenvalue weighted by Gasteiger charge is 2.07. The van der Waals surface area contributed by atoms with Crippen LogP contribution in [0.5, 0.6) is 0 Å². The highest BCUT2D eigenvalue weighted by molar-refractivity contribution is 4.42. The van der Waals surface area contributed by atoms with E-state index in [9.17, 15) is 0 Å². The molecule has 0 heterocycles. The van der Waals surface area contributed by atoms with Crippen molar-refractivity contribution in [3.63, 3.8) is 0 Å². The first kappa shape index (κ1) is 18.7. The summed E-state index contributed by atoms with van der Waals surface area (Å²) in [5.74, 6) is 0. The van der Waals surface area contributed by atoms with Gasteiger partial charge in [0.1, 0.15) is 0 Å². The van der Waals surface area contributed by atoms with Gasteiger partial charge < -0.3 is 33.5 Å². The maximum absolute atomic E-state index is 9.04.